The summed E-state index contributed by atoms with van der Waals surface area (Å²) in [6.07, 6.45) is 4.99. The molecule has 0 aliphatic rings. The molecule has 168 valence electrons. The Hall–Kier alpha value is -5.22. The topological polar surface area (TPSA) is 103 Å². The van der Waals surface area contributed by atoms with Gasteiger partial charge in [-0.05, 0) is 72.8 Å². The first-order valence-electron chi connectivity index (χ1n) is 10.9. The number of fused-ring (bicyclic) bond motifs is 1. The van der Waals surface area contributed by atoms with Crippen LogP contribution in [0.1, 0.15) is 15.9 Å². The van der Waals surface area contributed by atoms with Crippen LogP contribution in [0.25, 0.3) is 10.9 Å². The number of carbonyl (C=O) groups is 1. The van der Waals surface area contributed by atoms with E-state index in [1.165, 1.54) is 0 Å². The summed E-state index contributed by atoms with van der Waals surface area (Å²) in [5.41, 5.74) is 5.95. The summed E-state index contributed by atoms with van der Waals surface area (Å²) in [5.74, 6) is -0.203. The molecular formula is C28H20N6O. The fourth-order valence-corrected chi connectivity index (χ4v) is 3.66. The number of amides is 1. The molecule has 0 saturated heterocycles. The van der Waals surface area contributed by atoms with E-state index in [2.05, 4.69) is 32.0 Å². The molecule has 3 N–H and O–H groups in total. The van der Waals surface area contributed by atoms with Gasteiger partial charge in [0.25, 0.3) is 5.91 Å². The molecule has 7 heteroatoms. The zero-order valence-electron chi connectivity index (χ0n) is 18.6. The van der Waals surface area contributed by atoms with Gasteiger partial charge in [0.1, 0.15) is 6.07 Å². The number of rotatable bonds is 6. The Balaban J connectivity index is 1.28. The van der Waals surface area contributed by atoms with Crippen molar-refractivity contribution in [2.45, 2.75) is 0 Å². The number of aromatic nitrogens is 2. The summed E-state index contributed by atoms with van der Waals surface area (Å²) in [6, 6.07) is 28.2. The summed E-state index contributed by atoms with van der Waals surface area (Å²) in [4.78, 5) is 21.1. The van der Waals surface area contributed by atoms with Gasteiger partial charge in [0.2, 0.25) is 0 Å². The van der Waals surface area contributed by atoms with E-state index in [-0.39, 0.29) is 5.91 Å². The number of hydrogen-bond acceptors (Lipinski definition) is 6. The van der Waals surface area contributed by atoms with Gasteiger partial charge in [0.15, 0.2) is 0 Å². The Labute approximate surface area is 202 Å². The smallest absolute Gasteiger partial charge is 0.255 e. The van der Waals surface area contributed by atoms with E-state index < -0.39 is 0 Å². The lowest BCUT2D eigenvalue weighted by molar-refractivity contribution is 0.102. The van der Waals surface area contributed by atoms with Crippen molar-refractivity contribution in [3.63, 3.8) is 0 Å². The minimum Gasteiger partial charge on any atom is -0.355 e. The van der Waals surface area contributed by atoms with Gasteiger partial charge in [0.05, 0.1) is 11.1 Å². The van der Waals surface area contributed by atoms with Gasteiger partial charge in [-0.1, -0.05) is 12.1 Å². The van der Waals surface area contributed by atoms with Crippen LogP contribution < -0.4 is 16.0 Å². The van der Waals surface area contributed by atoms with Gasteiger partial charge in [-0.15, -0.1) is 0 Å². The maximum absolute atomic E-state index is 12.8. The van der Waals surface area contributed by atoms with Gasteiger partial charge in [-0.3, -0.25) is 14.8 Å². The molecule has 0 atom stereocenters. The molecule has 0 bridgehead atoms. The van der Waals surface area contributed by atoms with Crippen molar-refractivity contribution in [3.05, 3.63) is 115 Å². The average Bonchev–Trinajstić information content (AvgIpc) is 2.90. The van der Waals surface area contributed by atoms with Crippen LogP contribution in [0.4, 0.5) is 28.4 Å². The van der Waals surface area contributed by atoms with Crippen LogP contribution in [0.3, 0.4) is 0 Å². The molecule has 0 unspecified atom stereocenters. The highest BCUT2D eigenvalue weighted by Gasteiger charge is 2.08. The molecule has 1 amide bonds. The molecule has 0 radical (unpaired) electrons. The molecule has 5 aromatic rings. The second-order valence-electron chi connectivity index (χ2n) is 7.81. The third kappa shape index (κ3) is 5.07. The Morgan fingerprint density at radius 3 is 2.31 bits per heavy atom. The van der Waals surface area contributed by atoms with Crippen LogP contribution in [-0.2, 0) is 0 Å². The largest absolute Gasteiger partial charge is 0.355 e. The fraction of sp³-hybridized carbons (Fsp3) is 0. The first-order chi connectivity index (χ1) is 17.2. The monoisotopic (exact) mass is 456 g/mol. The normalized spacial score (nSPS) is 10.4. The van der Waals surface area contributed by atoms with E-state index in [0.717, 1.165) is 33.7 Å². The van der Waals surface area contributed by atoms with E-state index in [9.17, 15) is 10.1 Å². The lowest BCUT2D eigenvalue weighted by Crippen LogP contribution is -2.11. The van der Waals surface area contributed by atoms with Crippen LogP contribution in [0.5, 0.6) is 0 Å². The molecular weight excluding hydrogens is 436 g/mol. The molecule has 0 aliphatic heterocycles. The van der Waals surface area contributed by atoms with Crippen molar-refractivity contribution in [2.24, 2.45) is 0 Å². The summed E-state index contributed by atoms with van der Waals surface area (Å²) in [5, 5.41) is 19.6. The van der Waals surface area contributed by atoms with E-state index in [0.29, 0.717) is 16.8 Å². The van der Waals surface area contributed by atoms with E-state index in [1.807, 2.05) is 72.8 Å². The summed E-state index contributed by atoms with van der Waals surface area (Å²) < 4.78 is 0. The first kappa shape index (κ1) is 21.6. The van der Waals surface area contributed by atoms with Gasteiger partial charge >= 0.3 is 0 Å². The Morgan fingerprint density at radius 2 is 1.51 bits per heavy atom. The number of nitrogens with zero attached hydrogens (tertiary/aromatic N) is 3. The number of pyridine rings is 2. The second-order valence-corrected chi connectivity index (χ2v) is 7.81. The minimum absolute atomic E-state index is 0.203. The van der Waals surface area contributed by atoms with Gasteiger partial charge in [0, 0.05) is 58.0 Å². The number of carbonyl (C=O) groups excluding carboxylic acids is 1. The van der Waals surface area contributed by atoms with Crippen molar-refractivity contribution in [1.82, 2.24) is 9.97 Å². The molecule has 0 saturated carbocycles. The molecule has 7 nitrogen and oxygen atoms in total. The highest BCUT2D eigenvalue weighted by Crippen LogP contribution is 2.26. The Kier molecular flexibility index (Phi) is 6.01. The lowest BCUT2D eigenvalue weighted by Gasteiger charge is -2.11. The van der Waals surface area contributed by atoms with Crippen molar-refractivity contribution in [1.29, 1.82) is 5.26 Å². The second kappa shape index (κ2) is 9.73. The Bertz CT molecular complexity index is 1540. The SMILES string of the molecule is N#Cc1cnc2cccc(Nc3ccc(C(=O)Nc4cccc(Nc5ccncc5)c4)cc3)c2c1. The summed E-state index contributed by atoms with van der Waals surface area (Å²) >= 11 is 0. The van der Waals surface area contributed by atoms with E-state index in [1.54, 1.807) is 30.7 Å². The number of hydrogen-bond donors (Lipinski definition) is 3. The third-order valence-corrected chi connectivity index (χ3v) is 5.37. The van der Waals surface area contributed by atoms with Crippen LogP contribution in [0.2, 0.25) is 0 Å². The number of nitriles is 1. The quantitative estimate of drug-likeness (QED) is 0.279. The highest BCUT2D eigenvalue weighted by atomic mass is 16.1. The molecule has 2 heterocycles. The predicted octanol–water partition coefficient (Wildman–Crippen LogP) is 6.24. The van der Waals surface area contributed by atoms with Crippen LogP contribution in [0, 0.1) is 11.3 Å². The molecule has 0 fully saturated rings. The molecule has 0 aliphatic carbocycles. The lowest BCUT2D eigenvalue weighted by atomic mass is 10.1. The van der Waals surface area contributed by atoms with Crippen LogP contribution >= 0.6 is 0 Å². The zero-order valence-corrected chi connectivity index (χ0v) is 18.6. The van der Waals surface area contributed by atoms with Crippen molar-refractivity contribution in [3.8, 4) is 6.07 Å². The molecule has 5 rings (SSSR count). The fourth-order valence-electron chi connectivity index (χ4n) is 3.66. The predicted molar refractivity (Wildman–Crippen MR) is 138 cm³/mol. The zero-order chi connectivity index (χ0) is 24.0. The maximum atomic E-state index is 12.8. The summed E-state index contributed by atoms with van der Waals surface area (Å²) in [7, 11) is 0. The standard InChI is InChI=1S/C28H20N6O/c29-17-19-15-25-26(31-18-19)5-2-6-27(25)33-21-9-7-20(8-10-21)28(35)34-24-4-1-3-23(16-24)32-22-11-13-30-14-12-22/h1-16,18,33H,(H,30,32)(H,34,35). The maximum Gasteiger partial charge on any atom is 0.255 e. The van der Waals surface area contributed by atoms with E-state index in [4.69, 9.17) is 0 Å². The van der Waals surface area contributed by atoms with Crippen molar-refractivity contribution < 1.29 is 4.79 Å². The number of benzene rings is 3. The van der Waals surface area contributed by atoms with Crippen molar-refractivity contribution >= 4 is 45.2 Å². The average molecular weight is 457 g/mol. The Morgan fingerprint density at radius 1 is 0.771 bits per heavy atom. The van der Waals surface area contributed by atoms with Crippen LogP contribution in [0.15, 0.2) is 104 Å². The number of anilines is 5. The molecule has 35 heavy (non-hydrogen) atoms. The molecule has 2 aromatic heterocycles. The van der Waals surface area contributed by atoms with Gasteiger partial charge in [-0.2, -0.15) is 5.26 Å². The first-order valence-corrected chi connectivity index (χ1v) is 10.9. The molecule has 0 spiro atoms. The minimum atomic E-state index is -0.203. The van der Waals surface area contributed by atoms with E-state index >= 15 is 0 Å². The number of nitrogens with one attached hydrogen (secondary N) is 3. The van der Waals surface area contributed by atoms with Crippen molar-refractivity contribution in [2.75, 3.05) is 16.0 Å². The van der Waals surface area contributed by atoms with Gasteiger partial charge < -0.3 is 16.0 Å². The van der Waals surface area contributed by atoms with Gasteiger partial charge in [-0.25, -0.2) is 0 Å². The van der Waals surface area contributed by atoms with Crippen LogP contribution in [-0.4, -0.2) is 15.9 Å². The third-order valence-electron chi connectivity index (χ3n) is 5.37. The highest BCUT2D eigenvalue weighted by molar-refractivity contribution is 6.04. The molecule has 3 aromatic carbocycles. The summed E-state index contributed by atoms with van der Waals surface area (Å²) in [6.45, 7) is 0.